The average Bonchev–Trinajstić information content (AvgIpc) is 3.44. The van der Waals surface area contributed by atoms with Crippen molar-refractivity contribution in [2.24, 2.45) is 0 Å². The van der Waals surface area contributed by atoms with Gasteiger partial charge in [-0.1, -0.05) is 54.8 Å². The van der Waals surface area contributed by atoms with E-state index in [4.69, 9.17) is 16.3 Å². The largest absolute Gasteiger partial charge is 0.457 e. The maximum Gasteiger partial charge on any atom is 0.244 e. The molecule has 0 bridgehead atoms. The van der Waals surface area contributed by atoms with E-state index >= 15 is 0 Å². The number of anilines is 1. The summed E-state index contributed by atoms with van der Waals surface area (Å²) >= 11 is 6.04. The molecule has 0 spiro atoms. The molecule has 1 aliphatic rings. The molecule has 0 aromatic heterocycles. The van der Waals surface area contributed by atoms with Crippen LogP contribution in [0.4, 0.5) is 5.69 Å². The van der Waals surface area contributed by atoms with Gasteiger partial charge >= 0.3 is 0 Å². The Balaban J connectivity index is 1.55. The molecule has 0 saturated heterocycles. The lowest BCUT2D eigenvalue weighted by molar-refractivity contribution is -0.139. The van der Waals surface area contributed by atoms with Crippen LogP contribution in [0, 0.1) is 0 Å². The molecule has 0 heterocycles. The number of carbonyl (C=O) groups is 2. The highest BCUT2D eigenvalue weighted by molar-refractivity contribution is 7.92. The van der Waals surface area contributed by atoms with Crippen molar-refractivity contribution in [3.63, 3.8) is 0 Å². The van der Waals surface area contributed by atoms with E-state index in [0.717, 1.165) is 41.8 Å². The van der Waals surface area contributed by atoms with Crippen LogP contribution < -0.4 is 14.4 Å². The van der Waals surface area contributed by atoms with Gasteiger partial charge < -0.3 is 15.0 Å². The third-order valence-electron chi connectivity index (χ3n) is 6.92. The Kier molecular flexibility index (Phi) is 9.71. The molecule has 40 heavy (non-hydrogen) atoms. The van der Waals surface area contributed by atoms with E-state index < -0.39 is 28.5 Å². The first-order valence-electron chi connectivity index (χ1n) is 13.2. The van der Waals surface area contributed by atoms with Gasteiger partial charge in [0, 0.05) is 17.6 Å². The van der Waals surface area contributed by atoms with Crippen molar-refractivity contribution in [3.8, 4) is 11.5 Å². The monoisotopic (exact) mass is 583 g/mol. The third-order valence-corrected chi connectivity index (χ3v) is 8.31. The molecule has 1 fully saturated rings. The number of carbonyl (C=O) groups excluding carboxylic acids is 2. The first-order chi connectivity index (χ1) is 19.1. The number of nitrogens with one attached hydrogen (secondary N) is 1. The maximum absolute atomic E-state index is 13.7. The number of hydrogen-bond acceptors (Lipinski definition) is 5. The fourth-order valence-electron chi connectivity index (χ4n) is 4.68. The minimum absolute atomic E-state index is 0.0894. The predicted octanol–water partition coefficient (Wildman–Crippen LogP) is 5.37. The van der Waals surface area contributed by atoms with E-state index in [-0.39, 0.29) is 18.5 Å². The average molecular weight is 584 g/mol. The molecule has 0 unspecified atom stereocenters. The molecule has 0 aliphatic heterocycles. The number of benzene rings is 3. The van der Waals surface area contributed by atoms with E-state index in [1.807, 2.05) is 30.3 Å². The zero-order valence-electron chi connectivity index (χ0n) is 22.6. The fraction of sp³-hybridized carbons (Fsp3) is 0.333. The Hall–Kier alpha value is -3.56. The van der Waals surface area contributed by atoms with Crippen molar-refractivity contribution in [1.29, 1.82) is 0 Å². The third kappa shape index (κ3) is 7.99. The van der Waals surface area contributed by atoms with Crippen LogP contribution >= 0.6 is 11.6 Å². The number of hydrogen-bond donors (Lipinski definition) is 1. The molecule has 3 aromatic rings. The Bertz CT molecular complexity index is 1390. The summed E-state index contributed by atoms with van der Waals surface area (Å²) in [6, 6.07) is 22.0. The molecule has 4 rings (SSSR count). The highest BCUT2D eigenvalue weighted by atomic mass is 35.5. The second kappa shape index (κ2) is 13.2. The zero-order valence-corrected chi connectivity index (χ0v) is 24.2. The predicted molar refractivity (Wildman–Crippen MR) is 157 cm³/mol. The topological polar surface area (TPSA) is 96.0 Å². The molecule has 10 heteroatoms. The lowest BCUT2D eigenvalue weighted by Gasteiger charge is -2.32. The van der Waals surface area contributed by atoms with Gasteiger partial charge in [0.2, 0.25) is 21.8 Å². The number of halogens is 1. The van der Waals surface area contributed by atoms with Gasteiger partial charge in [0.15, 0.2) is 0 Å². The lowest BCUT2D eigenvalue weighted by Crippen LogP contribution is -2.52. The molecule has 0 radical (unpaired) electrons. The summed E-state index contributed by atoms with van der Waals surface area (Å²) in [6.45, 7) is 1.32. The summed E-state index contributed by atoms with van der Waals surface area (Å²) in [6.07, 6.45) is 5.00. The molecule has 1 aliphatic carbocycles. The normalized spacial score (nSPS) is 14.4. The van der Waals surface area contributed by atoms with Gasteiger partial charge in [0.25, 0.3) is 0 Å². The van der Waals surface area contributed by atoms with E-state index in [1.165, 1.54) is 4.90 Å². The quantitative estimate of drug-likeness (QED) is 0.327. The van der Waals surface area contributed by atoms with Crippen molar-refractivity contribution in [1.82, 2.24) is 10.2 Å². The van der Waals surface area contributed by atoms with Crippen molar-refractivity contribution in [2.75, 3.05) is 17.1 Å². The summed E-state index contributed by atoms with van der Waals surface area (Å²) in [5.74, 6) is 0.408. The van der Waals surface area contributed by atoms with Crippen LogP contribution in [0.15, 0.2) is 78.9 Å². The molecule has 1 saturated carbocycles. The van der Waals surface area contributed by atoms with Crippen molar-refractivity contribution >= 4 is 39.1 Å². The van der Waals surface area contributed by atoms with Crippen LogP contribution in [0.25, 0.3) is 0 Å². The number of para-hydroxylation sites is 1. The summed E-state index contributed by atoms with van der Waals surface area (Å²) in [5.41, 5.74) is 1.08. The van der Waals surface area contributed by atoms with E-state index in [2.05, 4.69) is 5.32 Å². The van der Waals surface area contributed by atoms with E-state index in [9.17, 15) is 18.0 Å². The SMILES string of the molecule is C[C@H](C(=O)NC1CCCC1)N(Cc1ccc(Cl)cc1)C(=O)CN(c1ccc(Oc2ccccc2)cc1)S(C)(=O)=O. The Morgan fingerprint density at radius 2 is 1.55 bits per heavy atom. The number of sulfonamides is 1. The van der Waals surface area contributed by atoms with Crippen LogP contribution in [0.3, 0.4) is 0 Å². The van der Waals surface area contributed by atoms with Gasteiger partial charge in [-0.15, -0.1) is 0 Å². The molecular weight excluding hydrogens is 550 g/mol. The van der Waals surface area contributed by atoms with Crippen molar-refractivity contribution in [3.05, 3.63) is 89.4 Å². The van der Waals surface area contributed by atoms with Gasteiger partial charge in [-0.2, -0.15) is 0 Å². The molecular formula is C30H34ClN3O5S. The lowest BCUT2D eigenvalue weighted by atomic mass is 10.1. The van der Waals surface area contributed by atoms with Crippen molar-refractivity contribution in [2.45, 2.75) is 51.2 Å². The molecule has 2 amide bonds. The zero-order chi connectivity index (χ0) is 28.7. The number of nitrogens with zero attached hydrogens (tertiary/aromatic N) is 2. The van der Waals surface area contributed by atoms with Gasteiger partial charge in [-0.25, -0.2) is 8.42 Å². The highest BCUT2D eigenvalue weighted by Crippen LogP contribution is 2.26. The number of ether oxygens (including phenoxy) is 1. The van der Waals surface area contributed by atoms with Crippen LogP contribution in [-0.4, -0.2) is 50.0 Å². The fourth-order valence-corrected chi connectivity index (χ4v) is 5.66. The second-order valence-corrected chi connectivity index (χ2v) is 12.3. The molecule has 1 atom stereocenters. The molecule has 212 valence electrons. The summed E-state index contributed by atoms with van der Waals surface area (Å²) in [4.78, 5) is 28.3. The standard InChI is InChI=1S/C30H34ClN3O5S/c1-22(30(36)32-25-8-6-7-9-25)33(20-23-12-14-24(31)15-13-23)29(35)21-34(40(2,37)38)26-16-18-28(19-17-26)39-27-10-4-3-5-11-27/h3-5,10-19,22,25H,6-9,20-21H2,1-2H3,(H,32,36)/t22-/m1/s1. The smallest absolute Gasteiger partial charge is 0.244 e. The van der Waals surface area contributed by atoms with Gasteiger partial charge in [0.1, 0.15) is 24.1 Å². The Labute approximate surface area is 240 Å². The van der Waals surface area contributed by atoms with Gasteiger partial charge in [-0.3, -0.25) is 13.9 Å². The van der Waals surface area contributed by atoms with Crippen LogP contribution in [0.5, 0.6) is 11.5 Å². The van der Waals surface area contributed by atoms with Crippen LogP contribution in [0.1, 0.15) is 38.2 Å². The first-order valence-corrected chi connectivity index (χ1v) is 15.5. The summed E-state index contributed by atoms with van der Waals surface area (Å²) in [5, 5.41) is 3.60. The maximum atomic E-state index is 13.7. The highest BCUT2D eigenvalue weighted by Gasteiger charge is 2.31. The second-order valence-electron chi connectivity index (χ2n) is 9.99. The van der Waals surface area contributed by atoms with E-state index in [1.54, 1.807) is 55.5 Å². The molecule has 8 nitrogen and oxygen atoms in total. The summed E-state index contributed by atoms with van der Waals surface area (Å²) in [7, 11) is -3.83. The first kappa shape index (κ1) is 29.4. The molecule has 3 aromatic carbocycles. The molecule has 1 N–H and O–H groups in total. The minimum atomic E-state index is -3.83. The minimum Gasteiger partial charge on any atom is -0.457 e. The number of rotatable bonds is 11. The van der Waals surface area contributed by atoms with Crippen LogP contribution in [-0.2, 0) is 26.2 Å². The van der Waals surface area contributed by atoms with Crippen LogP contribution in [0.2, 0.25) is 5.02 Å². The van der Waals surface area contributed by atoms with Gasteiger partial charge in [-0.05, 0) is 73.9 Å². The Morgan fingerprint density at radius 1 is 0.950 bits per heavy atom. The Morgan fingerprint density at radius 3 is 2.15 bits per heavy atom. The van der Waals surface area contributed by atoms with Gasteiger partial charge in [0.05, 0.1) is 11.9 Å². The van der Waals surface area contributed by atoms with E-state index in [0.29, 0.717) is 22.2 Å². The summed E-state index contributed by atoms with van der Waals surface area (Å²) < 4.78 is 32.5. The number of amides is 2. The van der Waals surface area contributed by atoms with Crippen molar-refractivity contribution < 1.29 is 22.7 Å².